The van der Waals surface area contributed by atoms with Crippen LogP contribution in [0.1, 0.15) is 21.5 Å². The molecule has 0 N–H and O–H groups in total. The lowest BCUT2D eigenvalue weighted by Crippen LogP contribution is -1.96. The van der Waals surface area contributed by atoms with E-state index in [0.29, 0.717) is 5.56 Å². The van der Waals surface area contributed by atoms with Gasteiger partial charge < -0.3 is 4.74 Å². The lowest BCUT2D eigenvalue weighted by molar-refractivity contribution is 0.104. The number of hydrogen-bond acceptors (Lipinski definition) is 2. The largest absolute Gasteiger partial charge is 0.497 e. The van der Waals surface area contributed by atoms with Gasteiger partial charge in [0.2, 0.25) is 0 Å². The van der Waals surface area contributed by atoms with Crippen molar-refractivity contribution < 1.29 is 9.53 Å². The van der Waals surface area contributed by atoms with Crippen LogP contribution < -0.4 is 4.74 Å². The van der Waals surface area contributed by atoms with Crippen LogP contribution in [0.15, 0.2) is 53.0 Å². The van der Waals surface area contributed by atoms with Gasteiger partial charge >= 0.3 is 0 Å². The molecule has 2 nitrogen and oxygen atoms in total. The number of rotatable bonds is 4. The second-order valence-electron chi connectivity index (χ2n) is 4.45. The highest BCUT2D eigenvalue weighted by Crippen LogP contribution is 2.23. The van der Waals surface area contributed by atoms with Gasteiger partial charge in [-0.1, -0.05) is 35.9 Å². The van der Waals surface area contributed by atoms with Crippen molar-refractivity contribution in [1.29, 1.82) is 0 Å². The predicted octanol–water partition coefficient (Wildman–Crippen LogP) is 4.66. The van der Waals surface area contributed by atoms with Crippen molar-refractivity contribution in [1.82, 2.24) is 0 Å². The number of carbonyl (C=O) groups is 1. The van der Waals surface area contributed by atoms with Gasteiger partial charge in [0, 0.05) is 10.0 Å². The summed E-state index contributed by atoms with van der Waals surface area (Å²) in [6.07, 6.45) is 3.40. The molecule has 0 aliphatic rings. The van der Waals surface area contributed by atoms with Crippen LogP contribution in [-0.2, 0) is 0 Å². The average molecular weight is 331 g/mol. The molecule has 0 unspecified atom stereocenters. The molecular weight excluding hydrogens is 316 g/mol. The highest BCUT2D eigenvalue weighted by molar-refractivity contribution is 9.10. The Morgan fingerprint density at radius 2 is 1.85 bits per heavy atom. The van der Waals surface area contributed by atoms with Crippen LogP contribution in [-0.4, -0.2) is 12.9 Å². The number of halogens is 1. The summed E-state index contributed by atoms with van der Waals surface area (Å²) in [4.78, 5) is 12.1. The van der Waals surface area contributed by atoms with Gasteiger partial charge in [-0.25, -0.2) is 0 Å². The van der Waals surface area contributed by atoms with Crippen molar-refractivity contribution in [2.24, 2.45) is 0 Å². The van der Waals surface area contributed by atoms with E-state index < -0.39 is 0 Å². The predicted molar refractivity (Wildman–Crippen MR) is 85.2 cm³/mol. The minimum Gasteiger partial charge on any atom is -0.497 e. The number of methoxy groups -OCH3 is 1. The van der Waals surface area contributed by atoms with E-state index >= 15 is 0 Å². The molecule has 2 aromatic rings. The van der Waals surface area contributed by atoms with Gasteiger partial charge in [-0.3, -0.25) is 4.79 Å². The lowest BCUT2D eigenvalue weighted by atomic mass is 10.1. The number of allylic oxidation sites excluding steroid dienone is 1. The molecule has 0 fully saturated rings. The molecule has 102 valence electrons. The van der Waals surface area contributed by atoms with Crippen molar-refractivity contribution in [2.75, 3.05) is 7.11 Å². The Morgan fingerprint density at radius 3 is 2.45 bits per heavy atom. The summed E-state index contributed by atoms with van der Waals surface area (Å²) in [7, 11) is 1.60. The highest BCUT2D eigenvalue weighted by atomic mass is 79.9. The zero-order valence-electron chi connectivity index (χ0n) is 11.4. The maximum atomic E-state index is 12.1. The first-order valence-corrected chi connectivity index (χ1v) is 7.02. The summed E-state index contributed by atoms with van der Waals surface area (Å²) in [5.74, 6) is 0.677. The monoisotopic (exact) mass is 330 g/mol. The number of ether oxygens (including phenoxy) is 1. The van der Waals surface area contributed by atoms with Crippen molar-refractivity contribution in [3.63, 3.8) is 0 Å². The molecule has 0 saturated carbocycles. The van der Waals surface area contributed by atoms with Gasteiger partial charge in [-0.05, 0) is 52.7 Å². The summed E-state index contributed by atoms with van der Waals surface area (Å²) in [5, 5.41) is 0. The SMILES string of the molecule is COc1ccc(C(=O)/C=C/c2ccc(C)cc2)c(Br)c1. The van der Waals surface area contributed by atoms with Crippen LogP contribution in [0.5, 0.6) is 5.75 Å². The molecule has 2 rings (SSSR count). The number of benzene rings is 2. The first-order valence-electron chi connectivity index (χ1n) is 6.23. The third-order valence-electron chi connectivity index (χ3n) is 2.95. The molecule has 0 aliphatic carbocycles. The zero-order valence-corrected chi connectivity index (χ0v) is 13.0. The smallest absolute Gasteiger partial charge is 0.186 e. The fourth-order valence-corrected chi connectivity index (χ4v) is 2.32. The molecule has 0 radical (unpaired) electrons. The van der Waals surface area contributed by atoms with Crippen LogP contribution in [0.25, 0.3) is 6.08 Å². The third kappa shape index (κ3) is 3.58. The maximum absolute atomic E-state index is 12.1. The lowest BCUT2D eigenvalue weighted by Gasteiger charge is -2.04. The van der Waals surface area contributed by atoms with Crippen molar-refractivity contribution >= 4 is 27.8 Å². The van der Waals surface area contributed by atoms with E-state index in [-0.39, 0.29) is 5.78 Å². The van der Waals surface area contributed by atoms with E-state index in [4.69, 9.17) is 4.74 Å². The Balaban J connectivity index is 2.17. The van der Waals surface area contributed by atoms with Crippen molar-refractivity contribution in [3.8, 4) is 5.75 Å². The molecular formula is C17H15BrO2. The maximum Gasteiger partial charge on any atom is 0.186 e. The Bertz CT molecular complexity index is 643. The quantitative estimate of drug-likeness (QED) is 0.601. The van der Waals surface area contributed by atoms with E-state index in [1.807, 2.05) is 37.3 Å². The molecule has 0 amide bonds. The molecule has 0 saturated heterocycles. The molecule has 0 heterocycles. The fraction of sp³-hybridized carbons (Fsp3) is 0.118. The van der Waals surface area contributed by atoms with Crippen LogP contribution in [0.3, 0.4) is 0 Å². The summed E-state index contributed by atoms with van der Waals surface area (Å²) < 4.78 is 5.84. The second-order valence-corrected chi connectivity index (χ2v) is 5.31. The van der Waals surface area contributed by atoms with E-state index in [2.05, 4.69) is 15.9 Å². The number of ketones is 1. The summed E-state index contributed by atoms with van der Waals surface area (Å²) in [6, 6.07) is 13.3. The average Bonchev–Trinajstić information content (AvgIpc) is 2.46. The van der Waals surface area contributed by atoms with Crippen LogP contribution >= 0.6 is 15.9 Å². The Morgan fingerprint density at radius 1 is 1.15 bits per heavy atom. The summed E-state index contributed by atoms with van der Waals surface area (Å²) >= 11 is 3.39. The Labute approximate surface area is 127 Å². The molecule has 20 heavy (non-hydrogen) atoms. The first kappa shape index (κ1) is 14.5. The van der Waals surface area contributed by atoms with Gasteiger partial charge in [-0.2, -0.15) is 0 Å². The molecule has 0 spiro atoms. The van der Waals surface area contributed by atoms with Crippen LogP contribution in [0.4, 0.5) is 0 Å². The van der Waals surface area contributed by atoms with E-state index in [1.165, 1.54) is 5.56 Å². The normalized spacial score (nSPS) is 10.8. The van der Waals surface area contributed by atoms with Crippen LogP contribution in [0, 0.1) is 6.92 Å². The number of hydrogen-bond donors (Lipinski definition) is 0. The van der Waals surface area contributed by atoms with E-state index in [1.54, 1.807) is 31.4 Å². The fourth-order valence-electron chi connectivity index (χ4n) is 1.76. The summed E-state index contributed by atoms with van der Waals surface area (Å²) in [6.45, 7) is 2.03. The van der Waals surface area contributed by atoms with Gasteiger partial charge in [0.15, 0.2) is 5.78 Å². The Hall–Kier alpha value is -1.87. The first-order chi connectivity index (χ1) is 9.60. The molecule has 0 atom stereocenters. The molecule has 0 aliphatic heterocycles. The minimum absolute atomic E-state index is 0.0416. The standard InChI is InChI=1S/C17H15BrO2/c1-12-3-5-13(6-4-12)7-10-17(19)15-9-8-14(20-2)11-16(15)18/h3-11H,1-2H3/b10-7+. The minimum atomic E-state index is -0.0416. The van der Waals surface area contributed by atoms with Crippen molar-refractivity contribution in [3.05, 3.63) is 69.7 Å². The third-order valence-corrected chi connectivity index (χ3v) is 3.60. The molecule has 3 heteroatoms. The number of carbonyl (C=O) groups excluding carboxylic acids is 1. The Kier molecular flexibility index (Phi) is 4.74. The van der Waals surface area contributed by atoms with Gasteiger partial charge in [-0.15, -0.1) is 0 Å². The van der Waals surface area contributed by atoms with E-state index in [9.17, 15) is 4.79 Å². The number of aryl methyl sites for hydroxylation is 1. The summed E-state index contributed by atoms with van der Waals surface area (Å²) in [5.41, 5.74) is 2.83. The van der Waals surface area contributed by atoms with Gasteiger partial charge in [0.1, 0.15) is 5.75 Å². The molecule has 0 aromatic heterocycles. The van der Waals surface area contributed by atoms with Gasteiger partial charge in [0.25, 0.3) is 0 Å². The molecule has 2 aromatic carbocycles. The van der Waals surface area contributed by atoms with Gasteiger partial charge in [0.05, 0.1) is 7.11 Å². The topological polar surface area (TPSA) is 26.3 Å². The van der Waals surface area contributed by atoms with E-state index in [0.717, 1.165) is 15.8 Å². The molecule has 0 bridgehead atoms. The van der Waals surface area contributed by atoms with Crippen molar-refractivity contribution in [2.45, 2.75) is 6.92 Å². The highest BCUT2D eigenvalue weighted by Gasteiger charge is 2.07. The second kappa shape index (κ2) is 6.53. The zero-order chi connectivity index (χ0) is 14.5. The van der Waals surface area contributed by atoms with Crippen LogP contribution in [0.2, 0.25) is 0 Å².